The van der Waals surface area contributed by atoms with Crippen LogP contribution in [-0.2, 0) is 11.3 Å². The van der Waals surface area contributed by atoms with E-state index in [1.165, 1.54) is 6.07 Å². The fourth-order valence-corrected chi connectivity index (χ4v) is 1.83. The Hall–Kier alpha value is -0.450. The van der Waals surface area contributed by atoms with E-state index in [-0.39, 0.29) is 5.82 Å². The average Bonchev–Trinajstić information content (AvgIpc) is 2.23. The summed E-state index contributed by atoms with van der Waals surface area (Å²) in [4.78, 5) is 2.09. The van der Waals surface area contributed by atoms with Crippen LogP contribution in [0, 0.1) is 5.82 Å². The number of ether oxygens (including phenoxy) is 1. The zero-order valence-corrected chi connectivity index (χ0v) is 11.3. The summed E-state index contributed by atoms with van der Waals surface area (Å²) in [6.45, 7) is 2.28. The van der Waals surface area contributed by atoms with Crippen LogP contribution in [0.15, 0.2) is 22.7 Å². The van der Waals surface area contributed by atoms with E-state index >= 15 is 0 Å². The molecule has 0 aliphatic carbocycles. The third-order valence-electron chi connectivity index (χ3n) is 2.34. The minimum Gasteiger partial charge on any atom is -0.385 e. The lowest BCUT2D eigenvalue weighted by Crippen LogP contribution is -2.20. The summed E-state index contributed by atoms with van der Waals surface area (Å²) in [7, 11) is 3.67. The number of halogens is 2. The van der Waals surface area contributed by atoms with Crippen molar-refractivity contribution >= 4 is 15.9 Å². The predicted molar refractivity (Wildman–Crippen MR) is 66.9 cm³/mol. The van der Waals surface area contributed by atoms with Crippen LogP contribution < -0.4 is 0 Å². The highest BCUT2D eigenvalue weighted by Gasteiger charge is 2.05. The monoisotopic (exact) mass is 289 g/mol. The fourth-order valence-electron chi connectivity index (χ4n) is 1.50. The number of hydrogen-bond donors (Lipinski definition) is 0. The standard InChI is InChI=1S/C12H17BrFNO/c1-15(6-3-7-16-2)9-10-4-5-11(13)8-12(10)14/h4-5,8H,3,6-7,9H2,1-2H3. The maximum atomic E-state index is 13.5. The Balaban J connectivity index is 2.46. The molecule has 0 saturated carbocycles. The van der Waals surface area contributed by atoms with Gasteiger partial charge in [-0.15, -0.1) is 0 Å². The van der Waals surface area contributed by atoms with Gasteiger partial charge in [0.1, 0.15) is 5.82 Å². The van der Waals surface area contributed by atoms with Gasteiger partial charge in [0.2, 0.25) is 0 Å². The van der Waals surface area contributed by atoms with Crippen molar-refractivity contribution in [2.45, 2.75) is 13.0 Å². The first-order valence-corrected chi connectivity index (χ1v) is 6.04. The summed E-state index contributed by atoms with van der Waals surface area (Å²) in [6.07, 6.45) is 0.963. The topological polar surface area (TPSA) is 12.5 Å². The Morgan fingerprint density at radius 2 is 2.19 bits per heavy atom. The van der Waals surface area contributed by atoms with Gasteiger partial charge in [0.25, 0.3) is 0 Å². The Morgan fingerprint density at radius 1 is 1.44 bits per heavy atom. The maximum Gasteiger partial charge on any atom is 0.128 e. The first-order chi connectivity index (χ1) is 7.63. The van der Waals surface area contributed by atoms with E-state index in [2.05, 4.69) is 20.8 Å². The van der Waals surface area contributed by atoms with Crippen LogP contribution in [-0.4, -0.2) is 32.2 Å². The average molecular weight is 290 g/mol. The number of rotatable bonds is 6. The van der Waals surface area contributed by atoms with Crippen LogP contribution in [0.3, 0.4) is 0 Å². The van der Waals surface area contributed by atoms with Crippen molar-refractivity contribution in [3.05, 3.63) is 34.1 Å². The van der Waals surface area contributed by atoms with Gasteiger partial charge in [-0.2, -0.15) is 0 Å². The van der Waals surface area contributed by atoms with Crippen molar-refractivity contribution in [3.63, 3.8) is 0 Å². The van der Waals surface area contributed by atoms with Gasteiger partial charge >= 0.3 is 0 Å². The molecule has 0 bridgehead atoms. The van der Waals surface area contributed by atoms with Gasteiger partial charge in [0.15, 0.2) is 0 Å². The van der Waals surface area contributed by atoms with Crippen LogP contribution in [0.1, 0.15) is 12.0 Å². The van der Waals surface area contributed by atoms with Crippen LogP contribution in [0.4, 0.5) is 4.39 Å². The zero-order valence-electron chi connectivity index (χ0n) is 9.67. The Labute approximate surface area is 105 Å². The van der Waals surface area contributed by atoms with E-state index in [4.69, 9.17) is 4.74 Å². The molecule has 90 valence electrons. The molecule has 0 N–H and O–H groups in total. The number of methoxy groups -OCH3 is 1. The molecule has 0 atom stereocenters. The second kappa shape index (κ2) is 6.99. The second-order valence-corrected chi connectivity index (χ2v) is 4.74. The van der Waals surface area contributed by atoms with Crippen LogP contribution in [0.25, 0.3) is 0 Å². The van der Waals surface area contributed by atoms with Crippen molar-refractivity contribution in [2.75, 3.05) is 27.3 Å². The molecular formula is C12H17BrFNO. The van der Waals surface area contributed by atoms with E-state index < -0.39 is 0 Å². The number of benzene rings is 1. The van der Waals surface area contributed by atoms with Crippen molar-refractivity contribution < 1.29 is 9.13 Å². The highest BCUT2D eigenvalue weighted by atomic mass is 79.9. The Morgan fingerprint density at radius 3 is 2.81 bits per heavy atom. The molecule has 1 aromatic rings. The summed E-state index contributed by atoms with van der Waals surface area (Å²) in [5, 5.41) is 0. The molecule has 1 rings (SSSR count). The molecule has 0 aliphatic rings. The molecule has 16 heavy (non-hydrogen) atoms. The minimum absolute atomic E-state index is 0.159. The summed E-state index contributed by atoms with van der Waals surface area (Å²) in [5.41, 5.74) is 0.725. The van der Waals surface area contributed by atoms with Gasteiger partial charge in [-0.3, -0.25) is 0 Å². The maximum absolute atomic E-state index is 13.5. The van der Waals surface area contributed by atoms with Crippen LogP contribution in [0.5, 0.6) is 0 Å². The Bertz CT molecular complexity index is 333. The van der Waals surface area contributed by atoms with Crippen molar-refractivity contribution in [2.24, 2.45) is 0 Å². The molecule has 0 fully saturated rings. The van der Waals surface area contributed by atoms with E-state index in [1.807, 2.05) is 19.2 Å². The quantitative estimate of drug-likeness (QED) is 0.747. The molecule has 0 aromatic heterocycles. The molecule has 0 unspecified atom stereocenters. The SMILES string of the molecule is COCCCN(C)Cc1ccc(Br)cc1F. The van der Waals surface area contributed by atoms with Crippen LogP contribution >= 0.6 is 15.9 Å². The summed E-state index contributed by atoms with van der Waals surface area (Å²) >= 11 is 3.24. The molecule has 0 amide bonds. The predicted octanol–water partition coefficient (Wildman–Crippen LogP) is 3.06. The number of hydrogen-bond acceptors (Lipinski definition) is 2. The fraction of sp³-hybridized carbons (Fsp3) is 0.500. The molecule has 0 heterocycles. The zero-order chi connectivity index (χ0) is 12.0. The van der Waals surface area contributed by atoms with Crippen LogP contribution in [0.2, 0.25) is 0 Å². The molecule has 0 aliphatic heterocycles. The molecule has 0 spiro atoms. The van der Waals surface area contributed by atoms with Crippen molar-refractivity contribution in [1.29, 1.82) is 0 Å². The van der Waals surface area contributed by atoms with Gasteiger partial charge in [0, 0.05) is 36.8 Å². The molecule has 0 radical (unpaired) electrons. The summed E-state index contributed by atoms with van der Waals surface area (Å²) in [5.74, 6) is -0.159. The van der Waals surface area contributed by atoms with E-state index in [1.54, 1.807) is 7.11 Å². The summed E-state index contributed by atoms with van der Waals surface area (Å²) < 4.78 is 19.3. The van der Waals surface area contributed by atoms with E-state index in [0.717, 1.165) is 29.6 Å². The summed E-state index contributed by atoms with van der Waals surface area (Å²) in [6, 6.07) is 5.17. The van der Waals surface area contributed by atoms with E-state index in [0.29, 0.717) is 6.54 Å². The van der Waals surface area contributed by atoms with Gasteiger partial charge in [0.05, 0.1) is 0 Å². The molecule has 1 aromatic carbocycles. The second-order valence-electron chi connectivity index (χ2n) is 3.82. The molecular weight excluding hydrogens is 273 g/mol. The molecule has 4 heteroatoms. The van der Waals surface area contributed by atoms with Crippen molar-refractivity contribution in [3.8, 4) is 0 Å². The van der Waals surface area contributed by atoms with Gasteiger partial charge in [-0.05, 0) is 25.6 Å². The van der Waals surface area contributed by atoms with E-state index in [9.17, 15) is 4.39 Å². The first kappa shape index (κ1) is 13.6. The highest BCUT2D eigenvalue weighted by molar-refractivity contribution is 9.10. The Kier molecular flexibility index (Phi) is 5.95. The lowest BCUT2D eigenvalue weighted by Gasteiger charge is -2.16. The normalized spacial score (nSPS) is 11.1. The first-order valence-electron chi connectivity index (χ1n) is 5.25. The lowest BCUT2D eigenvalue weighted by atomic mass is 10.2. The van der Waals surface area contributed by atoms with Gasteiger partial charge in [-0.1, -0.05) is 22.0 Å². The van der Waals surface area contributed by atoms with Crippen molar-refractivity contribution in [1.82, 2.24) is 4.90 Å². The molecule has 2 nitrogen and oxygen atoms in total. The minimum atomic E-state index is -0.159. The number of nitrogens with zero attached hydrogens (tertiary/aromatic N) is 1. The highest BCUT2D eigenvalue weighted by Crippen LogP contribution is 2.16. The lowest BCUT2D eigenvalue weighted by molar-refractivity contribution is 0.178. The third kappa shape index (κ3) is 4.60. The largest absolute Gasteiger partial charge is 0.385 e. The molecule has 0 saturated heterocycles. The third-order valence-corrected chi connectivity index (χ3v) is 2.84. The van der Waals surface area contributed by atoms with Gasteiger partial charge < -0.3 is 9.64 Å². The smallest absolute Gasteiger partial charge is 0.128 e. The van der Waals surface area contributed by atoms with Gasteiger partial charge in [-0.25, -0.2) is 4.39 Å².